The van der Waals surface area contributed by atoms with Gasteiger partial charge in [-0.1, -0.05) is 0 Å². The third-order valence-electron chi connectivity index (χ3n) is 2.12. The van der Waals surface area contributed by atoms with E-state index in [1.807, 2.05) is 6.07 Å². The lowest BCUT2D eigenvalue weighted by Gasteiger charge is -2.01. The summed E-state index contributed by atoms with van der Waals surface area (Å²) in [7, 11) is 0. The van der Waals surface area contributed by atoms with Gasteiger partial charge in [0.05, 0.1) is 6.42 Å². The zero-order chi connectivity index (χ0) is 10.1. The Morgan fingerprint density at radius 3 is 3.00 bits per heavy atom. The molecule has 72 valence electrons. The van der Waals surface area contributed by atoms with Crippen LogP contribution in [0.15, 0.2) is 24.4 Å². The van der Waals surface area contributed by atoms with Crippen molar-refractivity contribution in [3.05, 3.63) is 30.0 Å². The SMILES string of the molecule is Nc1cc(CC(=O)O)c2cc[nH]c2c1. The number of H-pyrrole nitrogens is 1. The Balaban J connectivity index is 2.60. The molecule has 1 heterocycles. The van der Waals surface area contributed by atoms with Crippen molar-refractivity contribution >= 4 is 22.6 Å². The second-order valence-corrected chi connectivity index (χ2v) is 3.19. The molecule has 1 aromatic carbocycles. The number of anilines is 1. The third kappa shape index (κ3) is 1.42. The van der Waals surface area contributed by atoms with Crippen LogP contribution in [0.25, 0.3) is 10.9 Å². The van der Waals surface area contributed by atoms with Gasteiger partial charge in [-0.2, -0.15) is 0 Å². The van der Waals surface area contributed by atoms with Crippen molar-refractivity contribution in [2.75, 3.05) is 5.73 Å². The number of hydrogen-bond acceptors (Lipinski definition) is 2. The predicted octanol–water partition coefficient (Wildman–Crippen LogP) is 1.38. The maximum absolute atomic E-state index is 10.6. The van der Waals surface area contributed by atoms with Gasteiger partial charge in [0.25, 0.3) is 0 Å². The minimum absolute atomic E-state index is 0.000602. The Hall–Kier alpha value is -1.97. The number of carbonyl (C=O) groups is 1. The number of nitrogens with one attached hydrogen (secondary N) is 1. The number of rotatable bonds is 2. The summed E-state index contributed by atoms with van der Waals surface area (Å²) in [6.45, 7) is 0. The van der Waals surface area contributed by atoms with E-state index >= 15 is 0 Å². The molecule has 2 rings (SSSR count). The number of aromatic amines is 1. The number of fused-ring (bicyclic) bond motifs is 1. The number of nitrogen functional groups attached to an aromatic ring is 1. The summed E-state index contributed by atoms with van der Waals surface area (Å²) < 4.78 is 0. The Morgan fingerprint density at radius 2 is 2.29 bits per heavy atom. The highest BCUT2D eigenvalue weighted by molar-refractivity contribution is 5.89. The molecule has 0 unspecified atom stereocenters. The Kier molecular flexibility index (Phi) is 1.89. The molecule has 0 aliphatic carbocycles. The summed E-state index contributed by atoms with van der Waals surface area (Å²) in [5.41, 5.74) is 7.85. The van der Waals surface area contributed by atoms with Crippen LogP contribution >= 0.6 is 0 Å². The largest absolute Gasteiger partial charge is 0.481 e. The van der Waals surface area contributed by atoms with Crippen LogP contribution in [0.1, 0.15) is 5.56 Å². The molecule has 0 aliphatic rings. The minimum atomic E-state index is -0.849. The van der Waals surface area contributed by atoms with E-state index < -0.39 is 5.97 Å². The summed E-state index contributed by atoms with van der Waals surface area (Å²) >= 11 is 0. The van der Waals surface area contributed by atoms with E-state index in [9.17, 15) is 4.79 Å². The van der Waals surface area contributed by atoms with E-state index in [1.165, 1.54) is 0 Å². The lowest BCUT2D eigenvalue weighted by atomic mass is 10.1. The lowest BCUT2D eigenvalue weighted by molar-refractivity contribution is -0.136. The van der Waals surface area contributed by atoms with Crippen molar-refractivity contribution in [3.8, 4) is 0 Å². The van der Waals surface area contributed by atoms with Crippen LogP contribution < -0.4 is 5.73 Å². The molecule has 4 heteroatoms. The van der Waals surface area contributed by atoms with Crippen molar-refractivity contribution in [2.45, 2.75) is 6.42 Å². The average Bonchev–Trinajstić information content (AvgIpc) is 2.50. The molecule has 0 amide bonds. The summed E-state index contributed by atoms with van der Waals surface area (Å²) in [4.78, 5) is 13.6. The van der Waals surface area contributed by atoms with Gasteiger partial charge in [0.1, 0.15) is 0 Å². The molecule has 0 radical (unpaired) electrons. The van der Waals surface area contributed by atoms with Gasteiger partial charge in [0.15, 0.2) is 0 Å². The van der Waals surface area contributed by atoms with E-state index in [4.69, 9.17) is 10.8 Å². The number of carboxylic acids is 1. The van der Waals surface area contributed by atoms with Gasteiger partial charge < -0.3 is 15.8 Å². The molecular weight excluding hydrogens is 180 g/mol. The van der Waals surface area contributed by atoms with Gasteiger partial charge in [-0.25, -0.2) is 0 Å². The van der Waals surface area contributed by atoms with Crippen LogP contribution in [0.3, 0.4) is 0 Å². The molecule has 0 saturated carbocycles. The summed E-state index contributed by atoms with van der Waals surface area (Å²) in [5.74, 6) is -0.849. The van der Waals surface area contributed by atoms with Crippen molar-refractivity contribution in [1.82, 2.24) is 4.98 Å². The molecule has 0 bridgehead atoms. The third-order valence-corrected chi connectivity index (χ3v) is 2.12. The molecular formula is C10H10N2O2. The highest BCUT2D eigenvalue weighted by Crippen LogP contribution is 2.21. The number of benzene rings is 1. The predicted molar refractivity (Wildman–Crippen MR) is 54.1 cm³/mol. The van der Waals surface area contributed by atoms with Gasteiger partial charge in [0, 0.05) is 22.8 Å². The molecule has 0 spiro atoms. The van der Waals surface area contributed by atoms with E-state index in [0.717, 1.165) is 16.5 Å². The molecule has 0 saturated heterocycles. The van der Waals surface area contributed by atoms with E-state index in [2.05, 4.69) is 4.98 Å². The first-order chi connectivity index (χ1) is 6.66. The van der Waals surface area contributed by atoms with Crippen molar-refractivity contribution in [2.24, 2.45) is 0 Å². The smallest absolute Gasteiger partial charge is 0.307 e. The van der Waals surface area contributed by atoms with Crippen LogP contribution in [0, 0.1) is 0 Å². The standard InChI is InChI=1S/C10H10N2O2/c11-7-3-6(4-10(13)14)8-1-2-12-9(8)5-7/h1-3,5,12H,4,11H2,(H,13,14). The fraction of sp³-hybridized carbons (Fsp3) is 0.100. The first-order valence-corrected chi connectivity index (χ1v) is 4.24. The topological polar surface area (TPSA) is 79.1 Å². The Labute approximate surface area is 80.3 Å². The first-order valence-electron chi connectivity index (χ1n) is 4.24. The first kappa shape index (κ1) is 8.62. The van der Waals surface area contributed by atoms with Crippen LogP contribution in [0.4, 0.5) is 5.69 Å². The summed E-state index contributed by atoms with van der Waals surface area (Å²) in [6.07, 6.45) is 1.77. The molecule has 14 heavy (non-hydrogen) atoms. The molecule has 1 aromatic heterocycles. The van der Waals surface area contributed by atoms with Gasteiger partial charge >= 0.3 is 5.97 Å². The monoisotopic (exact) mass is 190 g/mol. The number of nitrogens with two attached hydrogens (primary N) is 1. The van der Waals surface area contributed by atoms with Crippen LogP contribution in [0.5, 0.6) is 0 Å². The minimum Gasteiger partial charge on any atom is -0.481 e. The zero-order valence-electron chi connectivity index (χ0n) is 7.45. The van der Waals surface area contributed by atoms with E-state index in [-0.39, 0.29) is 6.42 Å². The zero-order valence-corrected chi connectivity index (χ0v) is 7.45. The number of carboxylic acid groups (broad SMARTS) is 1. The maximum Gasteiger partial charge on any atom is 0.307 e. The Morgan fingerprint density at radius 1 is 1.50 bits per heavy atom. The molecule has 0 fully saturated rings. The highest BCUT2D eigenvalue weighted by atomic mass is 16.4. The van der Waals surface area contributed by atoms with Crippen LogP contribution in [-0.2, 0) is 11.2 Å². The number of aromatic nitrogens is 1. The molecule has 4 N–H and O–H groups in total. The Bertz CT molecular complexity index is 488. The summed E-state index contributed by atoms with van der Waals surface area (Å²) in [5, 5.41) is 9.62. The number of aliphatic carboxylic acids is 1. The van der Waals surface area contributed by atoms with Gasteiger partial charge in [-0.05, 0) is 23.8 Å². The lowest BCUT2D eigenvalue weighted by Crippen LogP contribution is -2.01. The van der Waals surface area contributed by atoms with Crippen molar-refractivity contribution in [1.29, 1.82) is 0 Å². The fourth-order valence-corrected chi connectivity index (χ4v) is 1.58. The highest BCUT2D eigenvalue weighted by Gasteiger charge is 2.07. The second-order valence-electron chi connectivity index (χ2n) is 3.19. The summed E-state index contributed by atoms with van der Waals surface area (Å²) in [6, 6.07) is 5.35. The average molecular weight is 190 g/mol. The van der Waals surface area contributed by atoms with Crippen LogP contribution in [-0.4, -0.2) is 16.1 Å². The maximum atomic E-state index is 10.6. The quantitative estimate of drug-likeness (QED) is 0.626. The van der Waals surface area contributed by atoms with Gasteiger partial charge in [-0.15, -0.1) is 0 Å². The molecule has 0 aliphatic heterocycles. The number of hydrogen-bond donors (Lipinski definition) is 3. The van der Waals surface area contributed by atoms with Crippen molar-refractivity contribution in [3.63, 3.8) is 0 Å². The van der Waals surface area contributed by atoms with Gasteiger partial charge in [0.2, 0.25) is 0 Å². The molecule has 0 atom stereocenters. The van der Waals surface area contributed by atoms with Gasteiger partial charge in [-0.3, -0.25) is 4.79 Å². The van der Waals surface area contributed by atoms with Crippen LogP contribution in [0.2, 0.25) is 0 Å². The van der Waals surface area contributed by atoms with Crippen molar-refractivity contribution < 1.29 is 9.90 Å². The van der Waals surface area contributed by atoms with E-state index in [1.54, 1.807) is 18.3 Å². The molecule has 2 aromatic rings. The fourth-order valence-electron chi connectivity index (χ4n) is 1.58. The molecule has 4 nitrogen and oxygen atoms in total. The second kappa shape index (κ2) is 3.06. The normalized spacial score (nSPS) is 10.6. The van der Waals surface area contributed by atoms with E-state index in [0.29, 0.717) is 5.69 Å².